The predicted octanol–water partition coefficient (Wildman–Crippen LogP) is 2.51. The van der Waals surface area contributed by atoms with Crippen molar-refractivity contribution in [2.24, 2.45) is 0 Å². The molecule has 2 unspecified atom stereocenters. The van der Waals surface area contributed by atoms with Crippen molar-refractivity contribution in [1.82, 2.24) is 0 Å². The van der Waals surface area contributed by atoms with Crippen LogP contribution < -0.4 is 0 Å². The Morgan fingerprint density at radius 1 is 0.958 bits per heavy atom. The fourth-order valence-corrected chi connectivity index (χ4v) is 1.67. The van der Waals surface area contributed by atoms with Crippen LogP contribution >= 0.6 is 0 Å². The first kappa shape index (κ1) is 19.1. The number of carbonyl (C=O) groups excluding carboxylic acids is 2. The maximum atomic E-state index is 10.7. The van der Waals surface area contributed by atoms with E-state index in [1.165, 1.54) is 12.3 Å². The molecule has 0 radical (unpaired) electrons. The molecule has 8 heteroatoms. The topological polar surface area (TPSA) is 126 Å². The third-order valence-corrected chi connectivity index (χ3v) is 3.26. The van der Waals surface area contributed by atoms with E-state index in [2.05, 4.69) is 9.15 Å². The molecule has 132 valence electrons. The largest absolute Gasteiger partial charge is 0.502 e. The smallest absolute Gasteiger partial charge is 0.374 e. The number of hydrogen-bond donors (Lipinski definition) is 3. The lowest BCUT2D eigenvalue weighted by Gasteiger charge is -1.99. The standard InChI is InChI=1S/2C6H8O3.C4H4O2/c1-3-5(7)6(8)4(2)9-3;1-3-4(2)9-6(8)5(3)7;5-4-2-1-3-6-4/h3,8H,1-2H3;4,7H,1-2H3;1-3,5H. The summed E-state index contributed by atoms with van der Waals surface area (Å²) in [4.78, 5) is 21.1. The minimum Gasteiger partial charge on any atom is -0.502 e. The first-order chi connectivity index (χ1) is 11.1. The van der Waals surface area contributed by atoms with Crippen LogP contribution in [0.5, 0.6) is 5.95 Å². The van der Waals surface area contributed by atoms with E-state index in [9.17, 15) is 9.59 Å². The van der Waals surface area contributed by atoms with Crippen molar-refractivity contribution in [1.29, 1.82) is 0 Å². The quantitative estimate of drug-likeness (QED) is 0.615. The molecule has 24 heavy (non-hydrogen) atoms. The summed E-state index contributed by atoms with van der Waals surface area (Å²) in [7, 11) is 0. The lowest BCUT2D eigenvalue weighted by Crippen LogP contribution is -2.12. The van der Waals surface area contributed by atoms with Crippen molar-refractivity contribution in [3.05, 3.63) is 41.2 Å². The Kier molecular flexibility index (Phi) is 6.46. The Labute approximate surface area is 138 Å². The molecule has 0 saturated heterocycles. The number of Topliss-reactive ketones (excluding diaryl/α,β-unsaturated/α-hetero) is 1. The van der Waals surface area contributed by atoms with Gasteiger partial charge in [0.05, 0.1) is 6.26 Å². The second-order valence-electron chi connectivity index (χ2n) is 5.06. The van der Waals surface area contributed by atoms with E-state index in [1.807, 2.05) is 0 Å². The van der Waals surface area contributed by atoms with Crippen LogP contribution in [0.2, 0.25) is 0 Å². The van der Waals surface area contributed by atoms with Crippen LogP contribution in [-0.4, -0.2) is 39.3 Å². The van der Waals surface area contributed by atoms with Gasteiger partial charge in [0.1, 0.15) is 11.9 Å². The fourth-order valence-electron chi connectivity index (χ4n) is 1.67. The Hall–Kier alpha value is -2.90. The molecule has 0 saturated carbocycles. The molecule has 2 atom stereocenters. The van der Waals surface area contributed by atoms with Crippen molar-refractivity contribution in [3.63, 3.8) is 0 Å². The zero-order valence-corrected chi connectivity index (χ0v) is 13.8. The fraction of sp³-hybridized carbons (Fsp3) is 0.375. The Balaban J connectivity index is 0.000000184. The highest BCUT2D eigenvalue weighted by atomic mass is 16.6. The molecule has 2 aliphatic rings. The molecule has 3 rings (SSSR count). The minimum atomic E-state index is -0.611. The summed E-state index contributed by atoms with van der Waals surface area (Å²) in [6.45, 7) is 6.56. The second-order valence-corrected chi connectivity index (χ2v) is 5.06. The number of ether oxygens (including phenoxy) is 2. The zero-order chi connectivity index (χ0) is 18.4. The van der Waals surface area contributed by atoms with Gasteiger partial charge in [-0.05, 0) is 33.8 Å². The highest BCUT2D eigenvalue weighted by Crippen LogP contribution is 2.19. The Morgan fingerprint density at radius 2 is 1.58 bits per heavy atom. The third kappa shape index (κ3) is 4.80. The number of esters is 1. The van der Waals surface area contributed by atoms with Crippen molar-refractivity contribution < 1.29 is 38.8 Å². The van der Waals surface area contributed by atoms with Crippen LogP contribution in [0.3, 0.4) is 0 Å². The van der Waals surface area contributed by atoms with Crippen molar-refractivity contribution >= 4 is 11.8 Å². The number of furan rings is 1. The number of allylic oxidation sites excluding steroid dienone is 1. The number of hydrogen-bond acceptors (Lipinski definition) is 8. The molecular formula is C16H20O8. The van der Waals surface area contributed by atoms with Gasteiger partial charge in [0.25, 0.3) is 5.95 Å². The molecule has 8 nitrogen and oxygen atoms in total. The van der Waals surface area contributed by atoms with Crippen molar-refractivity contribution in [2.75, 3.05) is 0 Å². The van der Waals surface area contributed by atoms with E-state index in [1.54, 1.807) is 33.8 Å². The first-order valence-electron chi connectivity index (χ1n) is 7.09. The minimum absolute atomic E-state index is 0.0324. The third-order valence-electron chi connectivity index (χ3n) is 3.26. The summed E-state index contributed by atoms with van der Waals surface area (Å²) in [5.74, 6) is -1.11. The molecule has 3 heterocycles. The van der Waals surface area contributed by atoms with Crippen molar-refractivity contribution in [2.45, 2.75) is 39.9 Å². The number of carbonyl (C=O) groups is 2. The lowest BCUT2D eigenvalue weighted by atomic mass is 10.2. The van der Waals surface area contributed by atoms with Gasteiger partial charge in [-0.1, -0.05) is 0 Å². The Bertz CT molecular complexity index is 654. The van der Waals surface area contributed by atoms with E-state index in [4.69, 9.17) is 20.1 Å². The normalized spacial score (nSPS) is 22.3. The van der Waals surface area contributed by atoms with E-state index < -0.39 is 12.1 Å². The summed E-state index contributed by atoms with van der Waals surface area (Å²) < 4.78 is 13.9. The molecule has 0 aliphatic carbocycles. The van der Waals surface area contributed by atoms with Crippen LogP contribution in [0, 0.1) is 0 Å². The molecule has 2 aliphatic heterocycles. The summed E-state index contributed by atoms with van der Waals surface area (Å²) >= 11 is 0. The van der Waals surface area contributed by atoms with Gasteiger partial charge in [-0.25, -0.2) is 4.79 Å². The maximum absolute atomic E-state index is 10.7. The summed E-state index contributed by atoms with van der Waals surface area (Å²) in [5.41, 5.74) is 0.611. The van der Waals surface area contributed by atoms with Gasteiger partial charge >= 0.3 is 5.97 Å². The second kappa shape index (κ2) is 8.09. The number of rotatable bonds is 0. The highest BCUT2D eigenvalue weighted by molar-refractivity contribution is 5.98. The van der Waals surface area contributed by atoms with Gasteiger partial charge in [0.2, 0.25) is 17.3 Å². The van der Waals surface area contributed by atoms with E-state index >= 15 is 0 Å². The molecular weight excluding hydrogens is 320 g/mol. The Morgan fingerprint density at radius 3 is 1.71 bits per heavy atom. The van der Waals surface area contributed by atoms with Crippen LogP contribution in [0.1, 0.15) is 27.7 Å². The van der Waals surface area contributed by atoms with Crippen LogP contribution in [-0.2, 0) is 19.1 Å². The average molecular weight is 340 g/mol. The monoisotopic (exact) mass is 340 g/mol. The van der Waals surface area contributed by atoms with Crippen LogP contribution in [0.25, 0.3) is 0 Å². The van der Waals surface area contributed by atoms with E-state index in [0.29, 0.717) is 11.3 Å². The van der Waals surface area contributed by atoms with E-state index in [-0.39, 0.29) is 29.4 Å². The van der Waals surface area contributed by atoms with Gasteiger partial charge in [0.15, 0.2) is 6.10 Å². The van der Waals surface area contributed by atoms with Gasteiger partial charge in [-0.3, -0.25) is 4.79 Å². The zero-order valence-electron chi connectivity index (χ0n) is 13.8. The molecule has 0 bridgehead atoms. The number of aromatic hydroxyl groups is 1. The van der Waals surface area contributed by atoms with Crippen LogP contribution in [0.4, 0.5) is 0 Å². The molecule has 0 fully saturated rings. The van der Waals surface area contributed by atoms with Gasteiger partial charge in [-0.2, -0.15) is 0 Å². The van der Waals surface area contributed by atoms with Gasteiger partial charge in [-0.15, -0.1) is 0 Å². The SMILES string of the molecule is CC1=C(O)C(=O)C(C)O1.CC1=C(O)C(=O)OC1C.Oc1ccco1. The van der Waals surface area contributed by atoms with E-state index in [0.717, 1.165) is 0 Å². The lowest BCUT2D eigenvalue weighted by molar-refractivity contribution is -0.141. The highest BCUT2D eigenvalue weighted by Gasteiger charge is 2.28. The summed E-state index contributed by atoms with van der Waals surface area (Å²) in [5, 5.41) is 26.0. The maximum Gasteiger partial charge on any atom is 0.374 e. The van der Waals surface area contributed by atoms with Crippen LogP contribution in [0.15, 0.2) is 45.7 Å². The number of aliphatic hydroxyl groups is 2. The number of cyclic esters (lactones) is 1. The summed E-state index contributed by atoms with van der Waals surface area (Å²) in [6, 6.07) is 3.09. The van der Waals surface area contributed by atoms with Crippen molar-refractivity contribution in [3.8, 4) is 5.95 Å². The number of aliphatic hydroxyl groups excluding tert-OH is 2. The van der Waals surface area contributed by atoms with Gasteiger partial charge in [0, 0.05) is 11.6 Å². The average Bonchev–Trinajstić information content (AvgIpc) is 3.16. The summed E-state index contributed by atoms with van der Waals surface area (Å²) in [6.07, 6.45) is 0.664. The molecule has 1 aromatic heterocycles. The molecule has 0 aromatic carbocycles. The molecule has 3 N–H and O–H groups in total. The molecule has 0 spiro atoms. The molecule has 1 aromatic rings. The number of ketones is 1. The molecule has 0 amide bonds. The van der Waals surface area contributed by atoms with Gasteiger partial charge < -0.3 is 29.2 Å². The predicted molar refractivity (Wildman–Crippen MR) is 82.1 cm³/mol. The first-order valence-corrected chi connectivity index (χ1v) is 7.09.